The van der Waals surface area contributed by atoms with Crippen LogP contribution in [-0.2, 0) is 11.3 Å². The zero-order valence-electron chi connectivity index (χ0n) is 11.6. The van der Waals surface area contributed by atoms with Gasteiger partial charge in [0.2, 0.25) is 5.91 Å². The van der Waals surface area contributed by atoms with Crippen LogP contribution >= 0.6 is 11.6 Å². The van der Waals surface area contributed by atoms with Gasteiger partial charge in [0.05, 0.1) is 5.02 Å². The maximum absolute atomic E-state index is 13.3. The van der Waals surface area contributed by atoms with Gasteiger partial charge < -0.3 is 10.6 Å². The fourth-order valence-electron chi connectivity index (χ4n) is 2.05. The van der Waals surface area contributed by atoms with Crippen molar-refractivity contribution in [1.29, 1.82) is 0 Å². The summed E-state index contributed by atoms with van der Waals surface area (Å²) in [5, 5.41) is 0.0160. The molecule has 5 heteroatoms. The van der Waals surface area contributed by atoms with E-state index in [4.69, 9.17) is 17.3 Å². The van der Waals surface area contributed by atoms with Gasteiger partial charge in [-0.05, 0) is 30.7 Å². The van der Waals surface area contributed by atoms with Gasteiger partial charge >= 0.3 is 0 Å². The lowest BCUT2D eigenvalue weighted by Crippen LogP contribution is -2.42. The summed E-state index contributed by atoms with van der Waals surface area (Å²) in [7, 11) is 0. The molecule has 0 radical (unpaired) electrons. The summed E-state index contributed by atoms with van der Waals surface area (Å²) in [6, 6.07) is 13.5. The zero-order chi connectivity index (χ0) is 15.4. The van der Waals surface area contributed by atoms with Crippen LogP contribution in [0, 0.1) is 5.82 Å². The molecule has 0 aliphatic rings. The summed E-state index contributed by atoms with van der Waals surface area (Å²) in [4.78, 5) is 13.3. The fraction of sp³-hybridized carbons (Fsp3) is 0.188. The van der Waals surface area contributed by atoms with Crippen molar-refractivity contribution in [3.63, 3.8) is 0 Å². The highest BCUT2D eigenvalue weighted by atomic mass is 35.5. The molecule has 2 aromatic carbocycles. The van der Waals surface area contributed by atoms with Gasteiger partial charge in [-0.2, -0.15) is 0 Å². The van der Waals surface area contributed by atoms with Gasteiger partial charge in [0, 0.05) is 12.2 Å². The molecule has 110 valence electrons. The summed E-state index contributed by atoms with van der Waals surface area (Å²) < 4.78 is 13.3. The van der Waals surface area contributed by atoms with Gasteiger partial charge in [-0.3, -0.25) is 4.79 Å². The first-order chi connectivity index (χ1) is 9.99. The van der Waals surface area contributed by atoms with E-state index in [1.807, 2.05) is 30.3 Å². The maximum atomic E-state index is 13.3. The van der Waals surface area contributed by atoms with Gasteiger partial charge in [0.15, 0.2) is 0 Å². The highest BCUT2D eigenvalue weighted by Crippen LogP contribution is 2.25. The van der Waals surface area contributed by atoms with Crippen molar-refractivity contribution in [2.75, 3.05) is 4.90 Å². The van der Waals surface area contributed by atoms with E-state index in [9.17, 15) is 9.18 Å². The van der Waals surface area contributed by atoms with Crippen LogP contribution in [0.4, 0.5) is 10.1 Å². The molecule has 21 heavy (non-hydrogen) atoms. The average Bonchev–Trinajstić information content (AvgIpc) is 2.48. The summed E-state index contributed by atoms with van der Waals surface area (Å²) >= 11 is 5.83. The average molecular weight is 307 g/mol. The van der Waals surface area contributed by atoms with Gasteiger partial charge in [0.1, 0.15) is 11.9 Å². The predicted octanol–water partition coefficient (Wildman–Crippen LogP) is 3.36. The normalized spacial score (nSPS) is 12.0. The number of carbonyl (C=O) groups is 1. The first-order valence-corrected chi connectivity index (χ1v) is 6.92. The second-order valence-electron chi connectivity index (χ2n) is 4.79. The van der Waals surface area contributed by atoms with Crippen molar-refractivity contribution in [2.45, 2.75) is 19.5 Å². The Kier molecular flexibility index (Phi) is 4.81. The van der Waals surface area contributed by atoms with Crippen LogP contribution in [0.15, 0.2) is 48.5 Å². The number of hydrogen-bond acceptors (Lipinski definition) is 2. The minimum atomic E-state index is -0.535. The number of amides is 1. The molecule has 1 unspecified atom stereocenters. The first kappa shape index (κ1) is 15.3. The molecule has 0 aliphatic carbocycles. The second kappa shape index (κ2) is 6.59. The van der Waals surface area contributed by atoms with E-state index in [1.165, 1.54) is 12.1 Å². The molecule has 3 nitrogen and oxygen atoms in total. The Hall–Kier alpha value is -2.07. The number of halogens is 2. The number of nitrogens with two attached hydrogens (primary N) is 1. The number of nitrogens with zero attached hydrogens (tertiary/aromatic N) is 1. The van der Waals surface area contributed by atoms with Crippen LogP contribution in [0.5, 0.6) is 0 Å². The molecule has 2 rings (SSSR count). The maximum Gasteiger partial charge on any atom is 0.239 e. The summed E-state index contributed by atoms with van der Waals surface area (Å²) in [5.41, 5.74) is 7.08. The number of anilines is 1. The number of rotatable bonds is 5. The Morgan fingerprint density at radius 3 is 2.52 bits per heavy atom. The molecular formula is C16H16ClFN2O. The molecule has 0 aliphatic heterocycles. The fourth-order valence-corrected chi connectivity index (χ4v) is 2.22. The summed E-state index contributed by atoms with van der Waals surface area (Å²) in [6.45, 7) is 2.19. The van der Waals surface area contributed by atoms with Gasteiger partial charge in [0.25, 0.3) is 0 Å². The first-order valence-electron chi connectivity index (χ1n) is 6.54. The van der Waals surface area contributed by atoms with Crippen molar-refractivity contribution in [2.24, 2.45) is 5.73 Å². The second-order valence-corrected chi connectivity index (χ2v) is 5.20. The van der Waals surface area contributed by atoms with Crippen LogP contribution in [0.1, 0.15) is 12.5 Å². The molecule has 0 fully saturated rings. The molecule has 0 aromatic heterocycles. The topological polar surface area (TPSA) is 46.3 Å². The van der Waals surface area contributed by atoms with E-state index < -0.39 is 17.8 Å². The number of primary amides is 1. The van der Waals surface area contributed by atoms with Crippen molar-refractivity contribution >= 4 is 23.2 Å². The molecule has 0 bridgehead atoms. The van der Waals surface area contributed by atoms with Crippen LogP contribution < -0.4 is 10.6 Å². The standard InChI is InChI=1S/C16H16ClFN2O/c1-11(16(19)21)20(10-12-5-3-2-4-6-12)13-7-8-15(18)14(17)9-13/h2-9,11H,10H2,1H3,(H2,19,21). The minimum absolute atomic E-state index is 0.0160. The van der Waals surface area contributed by atoms with E-state index in [-0.39, 0.29) is 5.02 Å². The van der Waals surface area contributed by atoms with E-state index in [2.05, 4.69) is 0 Å². The molecule has 1 atom stereocenters. The molecule has 0 heterocycles. The summed E-state index contributed by atoms with van der Waals surface area (Å²) in [6.07, 6.45) is 0. The van der Waals surface area contributed by atoms with E-state index in [1.54, 1.807) is 17.9 Å². The lowest BCUT2D eigenvalue weighted by molar-refractivity contribution is -0.119. The monoisotopic (exact) mass is 306 g/mol. The summed E-state index contributed by atoms with van der Waals surface area (Å²) in [5.74, 6) is -0.946. The van der Waals surface area contributed by atoms with Gasteiger partial charge in [-0.15, -0.1) is 0 Å². The number of hydrogen-bond donors (Lipinski definition) is 1. The lowest BCUT2D eigenvalue weighted by atomic mass is 10.1. The van der Waals surface area contributed by atoms with Crippen molar-refractivity contribution in [3.8, 4) is 0 Å². The minimum Gasteiger partial charge on any atom is -0.368 e. The highest BCUT2D eigenvalue weighted by molar-refractivity contribution is 6.31. The van der Waals surface area contributed by atoms with Crippen LogP contribution in [0.25, 0.3) is 0 Å². The largest absolute Gasteiger partial charge is 0.368 e. The van der Waals surface area contributed by atoms with Crippen molar-refractivity contribution < 1.29 is 9.18 Å². The van der Waals surface area contributed by atoms with Crippen LogP contribution in [0.3, 0.4) is 0 Å². The SMILES string of the molecule is CC(C(N)=O)N(Cc1ccccc1)c1ccc(F)c(Cl)c1. The molecule has 2 aromatic rings. The molecule has 2 N–H and O–H groups in total. The predicted molar refractivity (Wildman–Crippen MR) is 82.7 cm³/mol. The molecule has 1 amide bonds. The number of benzene rings is 2. The highest BCUT2D eigenvalue weighted by Gasteiger charge is 2.20. The smallest absolute Gasteiger partial charge is 0.239 e. The Morgan fingerprint density at radius 1 is 1.29 bits per heavy atom. The Bertz CT molecular complexity index is 633. The quantitative estimate of drug-likeness (QED) is 0.920. The van der Waals surface area contributed by atoms with Crippen molar-refractivity contribution in [1.82, 2.24) is 0 Å². The molecule has 0 spiro atoms. The zero-order valence-corrected chi connectivity index (χ0v) is 12.3. The Morgan fingerprint density at radius 2 is 1.95 bits per heavy atom. The number of carbonyl (C=O) groups excluding carboxylic acids is 1. The Labute approximate surface area is 128 Å². The van der Waals surface area contributed by atoms with E-state index in [0.29, 0.717) is 12.2 Å². The third kappa shape index (κ3) is 3.73. The van der Waals surface area contributed by atoms with Gasteiger partial charge in [-0.1, -0.05) is 41.9 Å². The lowest BCUT2D eigenvalue weighted by Gasteiger charge is -2.29. The third-order valence-electron chi connectivity index (χ3n) is 3.31. The van der Waals surface area contributed by atoms with E-state index >= 15 is 0 Å². The Balaban J connectivity index is 2.35. The van der Waals surface area contributed by atoms with Crippen LogP contribution in [-0.4, -0.2) is 11.9 Å². The molecular weight excluding hydrogens is 291 g/mol. The molecule has 0 saturated carbocycles. The van der Waals surface area contributed by atoms with Crippen LogP contribution in [0.2, 0.25) is 5.02 Å². The van der Waals surface area contributed by atoms with Gasteiger partial charge in [-0.25, -0.2) is 4.39 Å². The molecule has 0 saturated heterocycles. The van der Waals surface area contributed by atoms with E-state index in [0.717, 1.165) is 5.56 Å². The van der Waals surface area contributed by atoms with Crippen molar-refractivity contribution in [3.05, 3.63) is 64.9 Å². The third-order valence-corrected chi connectivity index (χ3v) is 3.60.